The third kappa shape index (κ3) is 4.51. The number of amides is 1. The third-order valence-electron chi connectivity index (χ3n) is 8.63. The van der Waals surface area contributed by atoms with Crippen LogP contribution in [0.25, 0.3) is 22.2 Å². The van der Waals surface area contributed by atoms with Crippen molar-refractivity contribution in [1.82, 2.24) is 29.6 Å². The van der Waals surface area contributed by atoms with Crippen molar-refractivity contribution in [3.05, 3.63) is 90.0 Å². The zero-order valence-corrected chi connectivity index (χ0v) is 24.0. The SMILES string of the molecule is COc1cc(C(=O)NCC(O)(c2cc3c(c(-c4ccc(F)cc4)n2)OC[C@]3(C)n2ccnc2)C2CC2)cc2cn(C)nc12. The number of aryl methyl sites for hydroxylation is 1. The molecule has 5 aromatic rings. The Morgan fingerprint density at radius 3 is 2.74 bits per heavy atom. The Kier molecular flexibility index (Phi) is 6.24. The molecule has 0 saturated heterocycles. The number of nitrogens with one attached hydrogen (secondary N) is 1. The van der Waals surface area contributed by atoms with Crippen molar-refractivity contribution in [3.63, 3.8) is 0 Å². The minimum Gasteiger partial charge on any atom is -0.494 e. The Hall–Kier alpha value is -4.77. The van der Waals surface area contributed by atoms with E-state index in [-0.39, 0.29) is 24.2 Å². The predicted molar refractivity (Wildman–Crippen MR) is 156 cm³/mol. The lowest BCUT2D eigenvalue weighted by atomic mass is 9.86. The number of benzene rings is 2. The smallest absolute Gasteiger partial charge is 0.251 e. The van der Waals surface area contributed by atoms with Crippen LogP contribution in [0.15, 0.2) is 67.4 Å². The summed E-state index contributed by atoms with van der Waals surface area (Å²) in [6.07, 6.45) is 8.72. The summed E-state index contributed by atoms with van der Waals surface area (Å²) >= 11 is 0. The number of imidazole rings is 1. The maximum absolute atomic E-state index is 13.9. The number of carbonyl (C=O) groups excluding carboxylic acids is 1. The lowest BCUT2D eigenvalue weighted by molar-refractivity contribution is 0.00945. The summed E-state index contributed by atoms with van der Waals surface area (Å²) in [4.78, 5) is 22.6. The zero-order valence-electron chi connectivity index (χ0n) is 24.0. The number of fused-ring (bicyclic) bond motifs is 2. The highest BCUT2D eigenvalue weighted by atomic mass is 19.1. The molecule has 1 unspecified atom stereocenters. The van der Waals surface area contributed by atoms with Crippen molar-refractivity contribution < 1.29 is 23.8 Å². The average Bonchev–Trinajstić information content (AvgIpc) is 3.41. The van der Waals surface area contributed by atoms with Gasteiger partial charge in [-0.3, -0.25) is 9.48 Å². The number of hydrogen-bond acceptors (Lipinski definition) is 7. The number of aliphatic hydroxyl groups is 1. The first-order chi connectivity index (χ1) is 20.7. The van der Waals surface area contributed by atoms with Gasteiger partial charge in [0.25, 0.3) is 5.91 Å². The maximum Gasteiger partial charge on any atom is 0.251 e. The van der Waals surface area contributed by atoms with Crippen LogP contribution in [-0.2, 0) is 18.2 Å². The number of rotatable bonds is 8. The molecule has 2 aromatic carbocycles. The van der Waals surface area contributed by atoms with Gasteiger partial charge >= 0.3 is 0 Å². The van der Waals surface area contributed by atoms with Crippen LogP contribution >= 0.6 is 0 Å². The lowest BCUT2D eigenvalue weighted by Gasteiger charge is -2.31. The molecule has 2 atom stereocenters. The molecule has 1 amide bonds. The monoisotopic (exact) mass is 582 g/mol. The second kappa shape index (κ2) is 9.91. The lowest BCUT2D eigenvalue weighted by Crippen LogP contribution is -2.43. The van der Waals surface area contributed by atoms with E-state index in [1.165, 1.54) is 19.2 Å². The van der Waals surface area contributed by atoms with E-state index in [9.17, 15) is 14.3 Å². The summed E-state index contributed by atoms with van der Waals surface area (Å²) in [7, 11) is 3.35. The number of ether oxygens (including phenoxy) is 2. The third-order valence-corrected chi connectivity index (χ3v) is 8.63. The van der Waals surface area contributed by atoms with Crippen molar-refractivity contribution in [2.45, 2.75) is 30.9 Å². The van der Waals surface area contributed by atoms with Gasteiger partial charge in [-0.1, -0.05) is 0 Å². The summed E-state index contributed by atoms with van der Waals surface area (Å²) in [5, 5.41) is 20.4. The van der Waals surface area contributed by atoms with E-state index in [4.69, 9.17) is 14.5 Å². The van der Waals surface area contributed by atoms with Gasteiger partial charge in [0.15, 0.2) is 5.75 Å². The van der Waals surface area contributed by atoms with Gasteiger partial charge in [0.05, 0.1) is 25.7 Å². The van der Waals surface area contributed by atoms with E-state index in [2.05, 4.69) is 15.4 Å². The topological polar surface area (TPSA) is 116 Å². The Morgan fingerprint density at radius 1 is 1.26 bits per heavy atom. The van der Waals surface area contributed by atoms with E-state index < -0.39 is 11.1 Å². The van der Waals surface area contributed by atoms with Gasteiger partial charge in [0, 0.05) is 47.7 Å². The number of halogens is 1. The number of aromatic nitrogens is 5. The molecule has 4 heterocycles. The van der Waals surface area contributed by atoms with Crippen LogP contribution in [0.3, 0.4) is 0 Å². The van der Waals surface area contributed by atoms with Gasteiger partial charge in [-0.05, 0) is 68.1 Å². The zero-order chi connectivity index (χ0) is 29.9. The molecule has 11 heteroatoms. The van der Waals surface area contributed by atoms with Gasteiger partial charge in [0.1, 0.15) is 40.5 Å². The molecule has 0 bridgehead atoms. The summed E-state index contributed by atoms with van der Waals surface area (Å²) in [5.74, 6) is 0.250. The quantitative estimate of drug-likeness (QED) is 0.282. The van der Waals surface area contributed by atoms with Crippen LogP contribution < -0.4 is 14.8 Å². The Labute approximate surface area is 247 Å². The molecular formula is C32H31FN6O4. The molecule has 2 aliphatic rings. The summed E-state index contributed by atoms with van der Waals surface area (Å²) in [6, 6.07) is 11.3. The summed E-state index contributed by atoms with van der Waals surface area (Å²) < 4.78 is 29.2. The highest BCUT2D eigenvalue weighted by Gasteiger charge is 2.49. The van der Waals surface area contributed by atoms with Crippen molar-refractivity contribution in [3.8, 4) is 22.8 Å². The summed E-state index contributed by atoms with van der Waals surface area (Å²) in [6.45, 7) is 2.31. The average molecular weight is 583 g/mol. The minimum absolute atomic E-state index is 0.0544. The van der Waals surface area contributed by atoms with E-state index in [0.29, 0.717) is 46.1 Å². The number of pyridine rings is 1. The van der Waals surface area contributed by atoms with Gasteiger partial charge in [-0.25, -0.2) is 14.4 Å². The second-order valence-electron chi connectivity index (χ2n) is 11.6. The molecule has 220 valence electrons. The Balaban J connectivity index is 1.29. The molecule has 1 fully saturated rings. The van der Waals surface area contributed by atoms with E-state index in [0.717, 1.165) is 23.8 Å². The molecule has 0 spiro atoms. The molecule has 1 saturated carbocycles. The van der Waals surface area contributed by atoms with Crippen molar-refractivity contribution in [2.75, 3.05) is 20.3 Å². The minimum atomic E-state index is -1.46. The molecular weight excluding hydrogens is 551 g/mol. The fourth-order valence-corrected chi connectivity index (χ4v) is 5.99. The standard InChI is InChI=1S/C32H31FN6O4/c1-31(39-11-10-34-18-39)17-43-29-24(31)14-26(36-28(29)19-4-8-23(33)9-5-19)32(41,22-6-7-22)16-35-30(40)20-12-21-15-38(2)37-27(21)25(13-20)42-3/h4-5,8-15,18,22,41H,6-7,16-17H2,1-3H3,(H,35,40)/t31-,32?/m0/s1. The molecule has 7 rings (SSSR count). The van der Waals surface area contributed by atoms with Crippen molar-refractivity contribution in [1.29, 1.82) is 0 Å². The van der Waals surface area contributed by atoms with Gasteiger partial charge in [-0.2, -0.15) is 5.10 Å². The second-order valence-corrected chi connectivity index (χ2v) is 11.6. The van der Waals surface area contributed by atoms with Crippen LogP contribution in [0.1, 0.15) is 41.4 Å². The first-order valence-electron chi connectivity index (χ1n) is 14.1. The highest BCUT2D eigenvalue weighted by molar-refractivity contribution is 5.99. The van der Waals surface area contributed by atoms with E-state index in [1.807, 2.05) is 37.0 Å². The fraction of sp³-hybridized carbons (Fsp3) is 0.312. The van der Waals surface area contributed by atoms with Gasteiger partial charge in [0.2, 0.25) is 0 Å². The molecule has 2 N–H and O–H groups in total. The molecule has 0 radical (unpaired) electrons. The van der Waals surface area contributed by atoms with E-state index in [1.54, 1.807) is 41.5 Å². The van der Waals surface area contributed by atoms with Crippen LogP contribution in [-0.4, -0.2) is 55.6 Å². The molecule has 10 nitrogen and oxygen atoms in total. The molecule has 43 heavy (non-hydrogen) atoms. The number of nitrogens with zero attached hydrogens (tertiary/aromatic N) is 5. The van der Waals surface area contributed by atoms with E-state index >= 15 is 0 Å². The van der Waals surface area contributed by atoms with Crippen LogP contribution in [0, 0.1) is 11.7 Å². The first-order valence-corrected chi connectivity index (χ1v) is 14.1. The van der Waals surface area contributed by atoms with Crippen molar-refractivity contribution >= 4 is 16.8 Å². The Morgan fingerprint density at radius 2 is 2.05 bits per heavy atom. The maximum atomic E-state index is 13.9. The first kappa shape index (κ1) is 27.1. The summed E-state index contributed by atoms with van der Waals surface area (Å²) in [5.41, 5.74) is 1.39. The Bertz CT molecular complexity index is 1850. The largest absolute Gasteiger partial charge is 0.494 e. The van der Waals surface area contributed by atoms with Crippen LogP contribution in [0.5, 0.6) is 11.5 Å². The normalized spacial score (nSPS) is 19.1. The molecule has 1 aliphatic carbocycles. The molecule has 3 aromatic heterocycles. The molecule has 1 aliphatic heterocycles. The number of hydrogen-bond donors (Lipinski definition) is 2. The number of carbonyl (C=O) groups is 1. The fourth-order valence-electron chi connectivity index (χ4n) is 5.99. The number of methoxy groups -OCH3 is 1. The van der Waals surface area contributed by atoms with Crippen molar-refractivity contribution in [2.24, 2.45) is 13.0 Å². The van der Waals surface area contributed by atoms with Crippen LogP contribution in [0.4, 0.5) is 4.39 Å². The van der Waals surface area contributed by atoms with Gasteiger partial charge in [-0.15, -0.1) is 0 Å². The predicted octanol–water partition coefficient (Wildman–Crippen LogP) is 4.16. The highest BCUT2D eigenvalue weighted by Crippen LogP contribution is 2.50. The van der Waals surface area contributed by atoms with Crippen LogP contribution in [0.2, 0.25) is 0 Å². The van der Waals surface area contributed by atoms with Gasteiger partial charge < -0.3 is 24.5 Å².